The predicted molar refractivity (Wildman–Crippen MR) is 58.8 cm³/mol. The summed E-state index contributed by atoms with van der Waals surface area (Å²) in [6, 6.07) is -0.136. The van der Waals surface area contributed by atoms with E-state index in [0.717, 1.165) is 0 Å². The molecular formula is C12H13F4N. The lowest BCUT2D eigenvalue weighted by molar-refractivity contribution is 0.456. The molecule has 1 nitrogen and oxygen atoms in total. The Morgan fingerprint density at radius 1 is 1.24 bits per heavy atom. The van der Waals surface area contributed by atoms with E-state index in [1.165, 1.54) is 0 Å². The summed E-state index contributed by atoms with van der Waals surface area (Å²) >= 11 is 0. The maximum Gasteiger partial charge on any atom is 0.185 e. The number of hydrogen-bond acceptors (Lipinski definition) is 1. The molecule has 17 heavy (non-hydrogen) atoms. The molecule has 94 valence electrons. The number of hydrogen-bond donors (Lipinski definition) is 1. The first-order valence-corrected chi connectivity index (χ1v) is 5.17. The molecule has 0 aliphatic carbocycles. The van der Waals surface area contributed by atoms with Crippen LogP contribution in [0.1, 0.15) is 19.8 Å². The Morgan fingerprint density at radius 3 is 2.24 bits per heavy atom. The highest BCUT2D eigenvalue weighted by Gasteiger charge is 2.19. The number of allylic oxidation sites excluding steroid dienone is 1. The lowest BCUT2D eigenvalue weighted by atomic mass is 10.1. The molecule has 5 heteroatoms. The van der Waals surface area contributed by atoms with Crippen LogP contribution < -0.4 is 5.32 Å². The highest BCUT2D eigenvalue weighted by atomic mass is 19.2. The van der Waals surface area contributed by atoms with Crippen LogP contribution >= 0.6 is 0 Å². The van der Waals surface area contributed by atoms with Gasteiger partial charge < -0.3 is 5.32 Å². The topological polar surface area (TPSA) is 12.0 Å². The van der Waals surface area contributed by atoms with Gasteiger partial charge in [-0.1, -0.05) is 6.08 Å². The van der Waals surface area contributed by atoms with Crippen molar-refractivity contribution in [2.75, 3.05) is 5.32 Å². The fourth-order valence-electron chi connectivity index (χ4n) is 1.39. The average molecular weight is 247 g/mol. The van der Waals surface area contributed by atoms with Crippen molar-refractivity contribution in [2.45, 2.75) is 25.8 Å². The third-order valence-corrected chi connectivity index (χ3v) is 2.31. The zero-order chi connectivity index (χ0) is 13.0. The largest absolute Gasteiger partial charge is 0.378 e. The Morgan fingerprint density at radius 2 is 1.76 bits per heavy atom. The molecule has 1 unspecified atom stereocenters. The van der Waals surface area contributed by atoms with Gasteiger partial charge in [0.2, 0.25) is 0 Å². The van der Waals surface area contributed by atoms with Gasteiger partial charge in [-0.2, -0.15) is 0 Å². The zero-order valence-corrected chi connectivity index (χ0v) is 9.37. The first-order valence-electron chi connectivity index (χ1n) is 5.17. The minimum atomic E-state index is -1.41. The van der Waals surface area contributed by atoms with Crippen molar-refractivity contribution < 1.29 is 17.6 Å². The van der Waals surface area contributed by atoms with Crippen LogP contribution in [0, 0.1) is 23.3 Å². The molecule has 1 rings (SSSR count). The van der Waals surface area contributed by atoms with E-state index in [0.29, 0.717) is 12.8 Å². The lowest BCUT2D eigenvalue weighted by Gasteiger charge is -2.16. The molecule has 0 radical (unpaired) electrons. The number of nitrogens with one attached hydrogen (secondary N) is 1. The lowest BCUT2D eigenvalue weighted by Crippen LogP contribution is -2.18. The summed E-state index contributed by atoms with van der Waals surface area (Å²) in [5.41, 5.74) is -0.765. The van der Waals surface area contributed by atoms with Gasteiger partial charge in [-0.3, -0.25) is 0 Å². The van der Waals surface area contributed by atoms with E-state index in [9.17, 15) is 17.6 Å². The quantitative estimate of drug-likeness (QED) is 0.471. The number of benzene rings is 1. The molecule has 1 atom stereocenters. The Bertz CT molecular complexity index is 391. The molecule has 0 saturated heterocycles. The SMILES string of the molecule is C=CCCC(C)Nc1c(F)c(F)cc(F)c1F. The summed E-state index contributed by atoms with van der Waals surface area (Å²) in [7, 11) is 0. The van der Waals surface area contributed by atoms with Crippen molar-refractivity contribution in [2.24, 2.45) is 0 Å². The summed E-state index contributed by atoms with van der Waals surface area (Å²) in [5, 5.41) is 2.42. The van der Waals surface area contributed by atoms with Crippen molar-refractivity contribution in [3.63, 3.8) is 0 Å². The molecular weight excluding hydrogens is 234 g/mol. The van der Waals surface area contributed by atoms with Gasteiger partial charge in [0.1, 0.15) is 5.69 Å². The zero-order valence-electron chi connectivity index (χ0n) is 9.37. The molecule has 0 aromatic heterocycles. The van der Waals surface area contributed by atoms with Crippen molar-refractivity contribution in [1.82, 2.24) is 0 Å². The maximum atomic E-state index is 13.3. The summed E-state index contributed by atoms with van der Waals surface area (Å²) in [6.07, 6.45) is 2.84. The summed E-state index contributed by atoms with van der Waals surface area (Å²) in [6.45, 7) is 5.17. The second-order valence-electron chi connectivity index (χ2n) is 3.75. The van der Waals surface area contributed by atoms with Crippen molar-refractivity contribution in [3.05, 3.63) is 42.0 Å². The van der Waals surface area contributed by atoms with Gasteiger partial charge in [-0.25, -0.2) is 17.6 Å². The monoisotopic (exact) mass is 247 g/mol. The molecule has 0 aliphatic rings. The van der Waals surface area contributed by atoms with Gasteiger partial charge in [0.05, 0.1) is 0 Å². The second kappa shape index (κ2) is 5.70. The fourth-order valence-corrected chi connectivity index (χ4v) is 1.39. The van der Waals surface area contributed by atoms with E-state index in [1.54, 1.807) is 13.0 Å². The van der Waals surface area contributed by atoms with E-state index < -0.39 is 29.0 Å². The normalized spacial score (nSPS) is 12.3. The molecule has 0 spiro atoms. The van der Waals surface area contributed by atoms with Gasteiger partial charge in [0.25, 0.3) is 0 Å². The Hall–Kier alpha value is -1.52. The van der Waals surface area contributed by atoms with Crippen molar-refractivity contribution in [1.29, 1.82) is 0 Å². The molecule has 0 bridgehead atoms. The Labute approximate surface area is 97.1 Å². The van der Waals surface area contributed by atoms with Crippen molar-refractivity contribution >= 4 is 5.69 Å². The molecule has 0 fully saturated rings. The molecule has 0 heterocycles. The molecule has 1 aromatic carbocycles. The van der Waals surface area contributed by atoms with E-state index in [1.807, 2.05) is 0 Å². The number of halogens is 4. The van der Waals surface area contributed by atoms with Crippen LogP contribution in [0.25, 0.3) is 0 Å². The van der Waals surface area contributed by atoms with Gasteiger partial charge in [-0.15, -0.1) is 6.58 Å². The first kappa shape index (κ1) is 13.5. The van der Waals surface area contributed by atoms with E-state index in [4.69, 9.17) is 0 Å². The highest BCUT2D eigenvalue weighted by molar-refractivity contribution is 5.47. The van der Waals surface area contributed by atoms with Crippen LogP contribution in [0.5, 0.6) is 0 Å². The second-order valence-corrected chi connectivity index (χ2v) is 3.75. The van der Waals surface area contributed by atoms with Crippen LogP contribution in [0.15, 0.2) is 18.7 Å². The van der Waals surface area contributed by atoms with Crippen molar-refractivity contribution in [3.8, 4) is 0 Å². The van der Waals surface area contributed by atoms with Crippen LogP contribution in [0.4, 0.5) is 23.2 Å². The highest BCUT2D eigenvalue weighted by Crippen LogP contribution is 2.25. The van der Waals surface area contributed by atoms with Gasteiger partial charge in [0, 0.05) is 12.1 Å². The first-order chi connectivity index (χ1) is 7.97. The summed E-state index contributed by atoms with van der Waals surface area (Å²) in [4.78, 5) is 0. The summed E-state index contributed by atoms with van der Waals surface area (Å²) in [5.74, 6) is -5.65. The Kier molecular flexibility index (Phi) is 4.54. The maximum absolute atomic E-state index is 13.3. The minimum absolute atomic E-state index is 0.185. The van der Waals surface area contributed by atoms with Gasteiger partial charge in [-0.05, 0) is 19.8 Å². The Balaban J connectivity index is 2.93. The van der Waals surface area contributed by atoms with E-state index in [2.05, 4.69) is 11.9 Å². The molecule has 1 N–H and O–H groups in total. The molecule has 1 aromatic rings. The number of anilines is 1. The van der Waals surface area contributed by atoms with Gasteiger partial charge in [0.15, 0.2) is 23.3 Å². The third kappa shape index (κ3) is 3.22. The van der Waals surface area contributed by atoms with Crippen LogP contribution in [-0.4, -0.2) is 6.04 Å². The summed E-state index contributed by atoms with van der Waals surface area (Å²) < 4.78 is 52.3. The minimum Gasteiger partial charge on any atom is -0.378 e. The molecule has 0 saturated carbocycles. The average Bonchev–Trinajstić information content (AvgIpc) is 2.29. The fraction of sp³-hybridized carbons (Fsp3) is 0.333. The van der Waals surface area contributed by atoms with Crippen LogP contribution in [0.2, 0.25) is 0 Å². The van der Waals surface area contributed by atoms with Crippen LogP contribution in [-0.2, 0) is 0 Å². The molecule has 0 amide bonds. The van der Waals surface area contributed by atoms with Crippen LogP contribution in [0.3, 0.4) is 0 Å². The third-order valence-electron chi connectivity index (χ3n) is 2.31. The van der Waals surface area contributed by atoms with Gasteiger partial charge >= 0.3 is 0 Å². The smallest absolute Gasteiger partial charge is 0.185 e. The standard InChI is InChI=1S/C12H13F4N/c1-3-4-5-7(2)17-12-10(15)8(13)6-9(14)11(12)16/h3,6-7,17H,1,4-5H2,2H3. The molecule has 0 aliphatic heterocycles. The number of rotatable bonds is 5. The van der Waals surface area contributed by atoms with E-state index >= 15 is 0 Å². The van der Waals surface area contributed by atoms with E-state index in [-0.39, 0.29) is 12.1 Å². The predicted octanol–water partition coefficient (Wildman–Crippen LogP) is 4.01.